The summed E-state index contributed by atoms with van der Waals surface area (Å²) in [6.45, 7) is 18.1. The Hall–Kier alpha value is -3.29. The predicted octanol–water partition coefficient (Wildman–Crippen LogP) is 4.79. The average Bonchev–Trinajstić information content (AvgIpc) is 3.58. The highest BCUT2D eigenvalue weighted by Crippen LogP contribution is 2.48. The SMILES string of the molecule is C=C/C=C/[C@H](O)CC(=C)C[C@H]1O[C@@H]2[C@H](C)[C@@H](OC(=O)C[C@@H]3C[C@@H](OC(C)=O)C[C@]4(C[C@](C)(O)C[C@@H](/C=C5\CO[C@@H]([C@H](C)C(=O)C[C@H]6C[C@@H](OC)C[C@]7(C[C@H](O)C[C@@H](/C=C\CCC[C@@H]8O[C@@](O)(C[C@@H](O)[C@@H]8C)[C@H]2O)O7)O6)[C@H]5C)O4)O3)[C@@H]1O. The summed E-state index contributed by atoms with van der Waals surface area (Å²) in [5, 5.41) is 82.1. The number of hydrogen-bond donors (Lipinski definition) is 7. The first-order chi connectivity index (χ1) is 38.2. The Morgan fingerprint density at radius 3 is 2.28 bits per heavy atom. The van der Waals surface area contributed by atoms with Crippen LogP contribution in [0.3, 0.4) is 0 Å². The molecule has 0 radical (unpaired) electrons. The van der Waals surface area contributed by atoms with Crippen LogP contribution in [0.4, 0.5) is 0 Å². The minimum atomic E-state index is -2.37. The fourth-order valence-electron chi connectivity index (χ4n) is 14.2. The lowest BCUT2D eigenvalue weighted by molar-refractivity contribution is -0.350. The number of allylic oxidation sites excluding steroid dienone is 3. The third-order valence-electron chi connectivity index (χ3n) is 18.2. The molecule has 0 aliphatic carbocycles. The van der Waals surface area contributed by atoms with E-state index in [1.54, 1.807) is 34.0 Å². The molecule has 8 aliphatic rings. The van der Waals surface area contributed by atoms with Gasteiger partial charge in [-0.2, -0.15) is 0 Å². The Kier molecular flexibility index (Phi) is 20.9. The number of carbonyl (C=O) groups excluding carboxylic acids is 3. The molecule has 8 aliphatic heterocycles. The first kappa shape index (κ1) is 63.7. The number of esters is 2. The molecule has 0 unspecified atom stereocenters. The number of Topliss-reactive ketones (excluding diaryl/α,β-unsaturated/α-hetero) is 1. The van der Waals surface area contributed by atoms with Gasteiger partial charge in [0.1, 0.15) is 30.2 Å². The highest BCUT2D eigenvalue weighted by Gasteiger charge is 2.58. The van der Waals surface area contributed by atoms with E-state index in [1.807, 2.05) is 32.1 Å². The number of aliphatic hydroxyl groups excluding tert-OH is 5. The summed E-state index contributed by atoms with van der Waals surface area (Å²) in [5.41, 5.74) is -0.0508. The van der Waals surface area contributed by atoms with Crippen LogP contribution < -0.4 is 0 Å². The quantitative estimate of drug-likeness (QED) is 0.0977. The zero-order valence-corrected chi connectivity index (χ0v) is 48.4. The normalized spacial score (nSPS) is 47.3. The lowest BCUT2D eigenvalue weighted by atomic mass is 9.78. The van der Waals surface area contributed by atoms with E-state index in [9.17, 15) is 50.1 Å². The maximum absolute atomic E-state index is 14.4. The van der Waals surface area contributed by atoms with Crippen LogP contribution in [-0.2, 0) is 61.8 Å². The number of ether oxygens (including phenoxy) is 10. The summed E-state index contributed by atoms with van der Waals surface area (Å²) < 4.78 is 63.9. The van der Waals surface area contributed by atoms with Crippen molar-refractivity contribution >= 4 is 17.7 Å². The lowest BCUT2D eigenvalue weighted by Gasteiger charge is -2.51. The summed E-state index contributed by atoms with van der Waals surface area (Å²) in [5.74, 6) is -8.84. The van der Waals surface area contributed by atoms with Gasteiger partial charge in [0, 0.05) is 102 Å². The molecule has 456 valence electrons. The Balaban J connectivity index is 1.10. The van der Waals surface area contributed by atoms with Crippen molar-refractivity contribution in [3.8, 4) is 0 Å². The van der Waals surface area contributed by atoms with Gasteiger partial charge in [0.25, 0.3) is 0 Å². The fraction of sp³-hybridized carbons (Fsp3) is 0.787. The van der Waals surface area contributed by atoms with Gasteiger partial charge in [-0.25, -0.2) is 0 Å². The molecule has 7 saturated heterocycles. The van der Waals surface area contributed by atoms with Crippen molar-refractivity contribution in [2.24, 2.45) is 23.7 Å². The maximum Gasteiger partial charge on any atom is 0.308 e. The Morgan fingerprint density at radius 2 is 1.56 bits per heavy atom. The van der Waals surface area contributed by atoms with Gasteiger partial charge in [0.2, 0.25) is 0 Å². The van der Waals surface area contributed by atoms with Gasteiger partial charge in [0.05, 0.1) is 91.9 Å². The molecule has 2 spiro atoms. The van der Waals surface area contributed by atoms with Crippen LogP contribution in [0.1, 0.15) is 144 Å². The summed E-state index contributed by atoms with van der Waals surface area (Å²) in [4.78, 5) is 41.2. The standard InChI is InChI=1S/C61H92O20/c1-10-11-15-40(63)18-33(2)19-51-53(68)55-37(6)56(75-51)57(69)61(71)30-49(66)35(4)50(81-61)17-14-12-13-16-42-21-41(64)26-59(77-42)28-45(72-9)22-43(78-59)24-48(65)36(5)54-34(3)39(31-73-54)20-47-27-58(8,70)32-60(80-47)29-46(74-38(7)62)23-44(79-60)25-52(67)76-55/h10-11,13,15-16,20,34-37,40-47,49-51,53-57,63-64,66,68-71H,1-2,12,14,17-19,21-32H2,3-9H3/b15-11+,16-13-,39-20+/t34-,35-,36+,37+,40-,41+,42+,43+,44-,45+,46+,47+,49+,50-,51+,53+,54+,55+,56+,57-,58+,59-,60-,61-/m0/s1. The largest absolute Gasteiger partial charge is 0.462 e. The van der Waals surface area contributed by atoms with E-state index in [2.05, 4.69) is 13.2 Å². The minimum absolute atomic E-state index is 0.0300. The molecular formula is C61H92O20. The zero-order valence-electron chi connectivity index (χ0n) is 48.4. The van der Waals surface area contributed by atoms with Gasteiger partial charge in [-0.1, -0.05) is 82.9 Å². The number of rotatable bonds is 8. The molecule has 0 saturated carbocycles. The topological polar surface area (TPSA) is 285 Å². The number of fused-ring (bicyclic) bond motifs is 10. The van der Waals surface area contributed by atoms with Crippen molar-refractivity contribution in [3.63, 3.8) is 0 Å². The van der Waals surface area contributed by atoms with Crippen LogP contribution in [0, 0.1) is 23.7 Å². The van der Waals surface area contributed by atoms with E-state index in [1.165, 1.54) is 19.1 Å². The molecule has 20 heteroatoms. The molecule has 0 amide bonds. The molecule has 0 aromatic heterocycles. The van der Waals surface area contributed by atoms with Gasteiger partial charge in [0.15, 0.2) is 17.4 Å². The first-order valence-electron chi connectivity index (χ1n) is 29.5. The Labute approximate surface area is 476 Å². The highest BCUT2D eigenvalue weighted by atomic mass is 16.7. The van der Waals surface area contributed by atoms with Crippen molar-refractivity contribution in [1.82, 2.24) is 0 Å². The fourth-order valence-corrected chi connectivity index (χ4v) is 14.2. The third kappa shape index (κ3) is 15.6. The zero-order chi connectivity index (χ0) is 58.8. The van der Waals surface area contributed by atoms with E-state index in [0.717, 1.165) is 5.57 Å². The van der Waals surface area contributed by atoms with Crippen LogP contribution in [0.25, 0.3) is 0 Å². The number of ketones is 1. The second-order valence-corrected chi connectivity index (χ2v) is 25.2. The van der Waals surface area contributed by atoms with Gasteiger partial charge < -0.3 is 83.1 Å². The maximum atomic E-state index is 14.4. The molecule has 8 rings (SSSR count). The van der Waals surface area contributed by atoms with E-state index in [0.29, 0.717) is 44.1 Å². The van der Waals surface area contributed by atoms with E-state index in [-0.39, 0.29) is 75.8 Å². The molecule has 8 heterocycles. The molecule has 7 N–H and O–H groups in total. The number of methoxy groups -OCH3 is 1. The number of aliphatic hydroxyl groups is 7. The highest BCUT2D eigenvalue weighted by molar-refractivity contribution is 5.82. The van der Waals surface area contributed by atoms with Crippen LogP contribution >= 0.6 is 0 Å². The van der Waals surface area contributed by atoms with Crippen LogP contribution in [0.15, 0.2) is 60.8 Å². The number of hydrogen-bond acceptors (Lipinski definition) is 20. The molecule has 7 fully saturated rings. The van der Waals surface area contributed by atoms with Gasteiger partial charge in [-0.05, 0) is 44.6 Å². The van der Waals surface area contributed by atoms with Crippen LogP contribution in [0.5, 0.6) is 0 Å². The molecule has 24 atom stereocenters. The van der Waals surface area contributed by atoms with Gasteiger partial charge >= 0.3 is 11.9 Å². The van der Waals surface area contributed by atoms with Gasteiger partial charge in [-0.3, -0.25) is 14.4 Å². The molecule has 0 aromatic carbocycles. The van der Waals surface area contributed by atoms with Crippen molar-refractivity contribution in [1.29, 1.82) is 0 Å². The molecule has 20 nitrogen and oxygen atoms in total. The first-order valence-corrected chi connectivity index (χ1v) is 29.5. The summed E-state index contributed by atoms with van der Waals surface area (Å²) in [7, 11) is 1.61. The molecule has 0 aromatic rings. The lowest BCUT2D eigenvalue weighted by Crippen LogP contribution is -2.65. The van der Waals surface area contributed by atoms with Gasteiger partial charge in [-0.15, -0.1) is 0 Å². The Morgan fingerprint density at radius 1 is 0.852 bits per heavy atom. The predicted molar refractivity (Wildman–Crippen MR) is 291 cm³/mol. The summed E-state index contributed by atoms with van der Waals surface area (Å²) in [6.07, 6.45) is -2.66. The molecule has 12 bridgehead atoms. The van der Waals surface area contributed by atoms with E-state index < -0.39 is 157 Å². The third-order valence-corrected chi connectivity index (χ3v) is 18.2. The van der Waals surface area contributed by atoms with Crippen molar-refractivity contribution in [2.75, 3.05) is 13.7 Å². The van der Waals surface area contributed by atoms with E-state index >= 15 is 0 Å². The molecular weight excluding hydrogens is 1050 g/mol. The smallest absolute Gasteiger partial charge is 0.308 e. The van der Waals surface area contributed by atoms with Crippen molar-refractivity contribution in [3.05, 3.63) is 60.8 Å². The minimum Gasteiger partial charge on any atom is -0.462 e. The summed E-state index contributed by atoms with van der Waals surface area (Å²) >= 11 is 0. The average molecular weight is 1150 g/mol. The van der Waals surface area contributed by atoms with Crippen molar-refractivity contribution < 1.29 is 97.5 Å². The van der Waals surface area contributed by atoms with Crippen LogP contribution in [-0.4, -0.2) is 188 Å². The number of carbonyl (C=O) groups is 3. The van der Waals surface area contributed by atoms with E-state index in [4.69, 9.17) is 47.4 Å². The Bertz CT molecular complexity index is 2300. The molecule has 81 heavy (non-hydrogen) atoms. The second-order valence-electron chi connectivity index (χ2n) is 25.2. The summed E-state index contributed by atoms with van der Waals surface area (Å²) in [6, 6.07) is 0. The monoisotopic (exact) mass is 1140 g/mol. The second kappa shape index (κ2) is 26.5. The van der Waals surface area contributed by atoms with Crippen LogP contribution in [0.2, 0.25) is 0 Å². The van der Waals surface area contributed by atoms with Crippen molar-refractivity contribution in [2.45, 2.75) is 265 Å².